The zero-order valence-corrected chi connectivity index (χ0v) is 10.9. The number of anilines is 1. The number of rotatable bonds is 3. The van der Waals surface area contributed by atoms with Gasteiger partial charge in [0, 0.05) is 16.8 Å². The first-order valence-electron chi connectivity index (χ1n) is 5.24. The third-order valence-corrected chi connectivity index (χ3v) is 3.02. The number of nitrogens with one attached hydrogen (secondary N) is 1. The smallest absolute Gasteiger partial charge is 0.128 e. The summed E-state index contributed by atoms with van der Waals surface area (Å²) in [6.45, 7) is 0. The highest BCUT2D eigenvalue weighted by atomic mass is 35.5. The molecule has 18 heavy (non-hydrogen) atoms. The molecular formula is C12H12Cl2N4. The van der Waals surface area contributed by atoms with Gasteiger partial charge < -0.3 is 5.73 Å². The quantitative estimate of drug-likeness (QED) is 0.597. The lowest BCUT2D eigenvalue weighted by molar-refractivity contribution is 0.637. The van der Waals surface area contributed by atoms with E-state index >= 15 is 0 Å². The number of hydrogen-bond donors (Lipinski definition) is 3. The summed E-state index contributed by atoms with van der Waals surface area (Å²) in [5.74, 6) is 5.96. The minimum Gasteiger partial charge on any atom is -0.383 e. The average Bonchev–Trinajstić information content (AvgIpc) is 2.35. The molecular weight excluding hydrogens is 271 g/mol. The Morgan fingerprint density at radius 2 is 1.94 bits per heavy atom. The first-order valence-corrected chi connectivity index (χ1v) is 6.00. The van der Waals surface area contributed by atoms with Crippen LogP contribution in [0.1, 0.15) is 17.2 Å². The number of hydrazine groups is 1. The molecule has 0 aliphatic heterocycles. The van der Waals surface area contributed by atoms with E-state index in [-0.39, 0.29) is 6.04 Å². The van der Waals surface area contributed by atoms with Gasteiger partial charge in [-0.1, -0.05) is 35.3 Å². The van der Waals surface area contributed by atoms with Gasteiger partial charge in [0.15, 0.2) is 0 Å². The van der Waals surface area contributed by atoms with E-state index in [0.29, 0.717) is 21.4 Å². The highest BCUT2D eigenvalue weighted by Crippen LogP contribution is 2.28. The van der Waals surface area contributed by atoms with Crippen LogP contribution >= 0.6 is 23.2 Å². The molecule has 1 aromatic heterocycles. The fourth-order valence-corrected chi connectivity index (χ4v) is 2.11. The molecule has 0 fully saturated rings. The SMILES string of the molecule is NNC(c1cccc(Cl)c1)c1cc(Cl)cnc1N. The van der Waals surface area contributed by atoms with Gasteiger partial charge in [0.2, 0.25) is 0 Å². The largest absolute Gasteiger partial charge is 0.383 e. The zero-order chi connectivity index (χ0) is 13.1. The summed E-state index contributed by atoms with van der Waals surface area (Å²) >= 11 is 11.9. The van der Waals surface area contributed by atoms with Crippen molar-refractivity contribution in [1.29, 1.82) is 0 Å². The van der Waals surface area contributed by atoms with Crippen molar-refractivity contribution >= 4 is 29.0 Å². The Hall–Kier alpha value is -1.33. The maximum Gasteiger partial charge on any atom is 0.128 e. The van der Waals surface area contributed by atoms with Crippen molar-refractivity contribution in [2.45, 2.75) is 6.04 Å². The van der Waals surface area contributed by atoms with Crippen LogP contribution in [-0.2, 0) is 0 Å². The van der Waals surface area contributed by atoms with Crippen molar-refractivity contribution < 1.29 is 0 Å². The molecule has 94 valence electrons. The van der Waals surface area contributed by atoms with Gasteiger partial charge in [0.1, 0.15) is 5.82 Å². The predicted octanol–water partition coefficient (Wildman–Crippen LogP) is 2.52. The Balaban J connectivity index is 2.48. The van der Waals surface area contributed by atoms with Crippen molar-refractivity contribution in [3.05, 3.63) is 57.7 Å². The normalized spacial score (nSPS) is 12.4. The van der Waals surface area contributed by atoms with E-state index in [2.05, 4.69) is 10.4 Å². The molecule has 0 amide bonds. The Labute approximate surface area is 115 Å². The van der Waals surface area contributed by atoms with Gasteiger partial charge >= 0.3 is 0 Å². The van der Waals surface area contributed by atoms with Gasteiger partial charge in [-0.25, -0.2) is 10.4 Å². The molecule has 1 atom stereocenters. The first-order chi connectivity index (χ1) is 8.61. The Bertz CT molecular complexity index is 560. The number of nitrogen functional groups attached to an aromatic ring is 1. The predicted molar refractivity (Wildman–Crippen MR) is 74.3 cm³/mol. The Morgan fingerprint density at radius 1 is 1.17 bits per heavy atom. The average molecular weight is 283 g/mol. The molecule has 0 radical (unpaired) electrons. The second-order valence-corrected chi connectivity index (χ2v) is 4.66. The topological polar surface area (TPSA) is 77.0 Å². The fourth-order valence-electron chi connectivity index (χ4n) is 1.75. The van der Waals surface area contributed by atoms with Crippen LogP contribution in [0.4, 0.5) is 5.82 Å². The highest BCUT2D eigenvalue weighted by molar-refractivity contribution is 6.31. The lowest BCUT2D eigenvalue weighted by Gasteiger charge is -2.18. The van der Waals surface area contributed by atoms with Crippen LogP contribution in [-0.4, -0.2) is 4.98 Å². The van der Waals surface area contributed by atoms with Crippen molar-refractivity contribution in [1.82, 2.24) is 10.4 Å². The van der Waals surface area contributed by atoms with Crippen LogP contribution in [0.2, 0.25) is 10.0 Å². The molecule has 0 aliphatic carbocycles. The molecule has 4 nitrogen and oxygen atoms in total. The minimum absolute atomic E-state index is 0.310. The molecule has 0 spiro atoms. The number of nitrogens with zero attached hydrogens (tertiary/aromatic N) is 1. The van der Waals surface area contributed by atoms with Crippen LogP contribution in [0.15, 0.2) is 36.5 Å². The molecule has 0 aliphatic rings. The van der Waals surface area contributed by atoms with Gasteiger partial charge in [-0.3, -0.25) is 5.84 Å². The van der Waals surface area contributed by atoms with E-state index in [1.807, 2.05) is 18.2 Å². The summed E-state index contributed by atoms with van der Waals surface area (Å²) in [6, 6.07) is 8.77. The summed E-state index contributed by atoms with van der Waals surface area (Å²) in [4.78, 5) is 4.01. The number of benzene rings is 1. The fraction of sp³-hybridized carbons (Fsp3) is 0.0833. The minimum atomic E-state index is -0.310. The van der Waals surface area contributed by atoms with Crippen molar-refractivity contribution in [3.63, 3.8) is 0 Å². The summed E-state index contributed by atoms with van der Waals surface area (Å²) < 4.78 is 0. The number of halogens is 2. The molecule has 1 heterocycles. The number of pyridine rings is 1. The third kappa shape index (κ3) is 2.73. The van der Waals surface area contributed by atoms with Crippen LogP contribution in [0.5, 0.6) is 0 Å². The van der Waals surface area contributed by atoms with Crippen LogP contribution in [0.25, 0.3) is 0 Å². The second kappa shape index (κ2) is 5.54. The molecule has 0 saturated heterocycles. The van der Waals surface area contributed by atoms with E-state index in [9.17, 15) is 0 Å². The molecule has 0 saturated carbocycles. The maximum atomic E-state index is 5.96. The molecule has 2 rings (SSSR count). The lowest BCUT2D eigenvalue weighted by Crippen LogP contribution is -2.29. The van der Waals surface area contributed by atoms with E-state index in [0.717, 1.165) is 5.56 Å². The Kier molecular flexibility index (Phi) is 4.04. The van der Waals surface area contributed by atoms with Crippen LogP contribution in [0, 0.1) is 0 Å². The molecule has 6 heteroatoms. The van der Waals surface area contributed by atoms with Crippen molar-refractivity contribution in [3.8, 4) is 0 Å². The van der Waals surface area contributed by atoms with Crippen LogP contribution < -0.4 is 17.0 Å². The van der Waals surface area contributed by atoms with Crippen molar-refractivity contribution in [2.24, 2.45) is 5.84 Å². The molecule has 1 unspecified atom stereocenters. The van der Waals surface area contributed by atoms with E-state index in [1.165, 1.54) is 6.20 Å². The van der Waals surface area contributed by atoms with Gasteiger partial charge in [0.05, 0.1) is 11.1 Å². The highest BCUT2D eigenvalue weighted by Gasteiger charge is 2.16. The molecule has 5 N–H and O–H groups in total. The summed E-state index contributed by atoms with van der Waals surface area (Å²) in [7, 11) is 0. The summed E-state index contributed by atoms with van der Waals surface area (Å²) in [5, 5.41) is 1.13. The van der Waals surface area contributed by atoms with Gasteiger partial charge in [-0.2, -0.15) is 0 Å². The third-order valence-electron chi connectivity index (χ3n) is 2.58. The van der Waals surface area contributed by atoms with Gasteiger partial charge in [-0.15, -0.1) is 0 Å². The van der Waals surface area contributed by atoms with E-state index < -0.39 is 0 Å². The Morgan fingerprint density at radius 3 is 2.61 bits per heavy atom. The number of nitrogens with two attached hydrogens (primary N) is 2. The standard InChI is InChI=1S/C12H12Cl2N4/c13-8-3-1-2-7(4-8)11(18-16)10-5-9(14)6-17-12(10)15/h1-6,11,18H,16H2,(H2,15,17). The van der Waals surface area contributed by atoms with E-state index in [1.54, 1.807) is 12.1 Å². The van der Waals surface area contributed by atoms with Crippen LogP contribution in [0.3, 0.4) is 0 Å². The zero-order valence-electron chi connectivity index (χ0n) is 9.40. The summed E-state index contributed by atoms with van der Waals surface area (Å²) in [5.41, 5.74) is 10.1. The first kappa shape index (κ1) is 13.1. The number of hydrogen-bond acceptors (Lipinski definition) is 4. The molecule has 2 aromatic rings. The summed E-state index contributed by atoms with van der Waals surface area (Å²) in [6.07, 6.45) is 1.49. The van der Waals surface area contributed by atoms with Crippen molar-refractivity contribution in [2.75, 3.05) is 5.73 Å². The van der Waals surface area contributed by atoms with Gasteiger partial charge in [-0.05, 0) is 23.8 Å². The molecule has 1 aromatic carbocycles. The maximum absolute atomic E-state index is 5.96. The van der Waals surface area contributed by atoms with Gasteiger partial charge in [0.25, 0.3) is 0 Å². The number of aromatic nitrogens is 1. The molecule has 0 bridgehead atoms. The second-order valence-electron chi connectivity index (χ2n) is 3.78. The lowest BCUT2D eigenvalue weighted by atomic mass is 10.00. The van der Waals surface area contributed by atoms with E-state index in [4.69, 9.17) is 34.8 Å². The monoisotopic (exact) mass is 282 g/mol.